The number of carbonyl (C=O) groups is 1. The minimum absolute atomic E-state index is 0.0328. The molecule has 0 aromatic carbocycles. The molecule has 0 saturated heterocycles. The number of amides is 1. The van der Waals surface area contributed by atoms with Gasteiger partial charge in [-0.1, -0.05) is 6.92 Å². The summed E-state index contributed by atoms with van der Waals surface area (Å²) in [5.41, 5.74) is 3.05. The average molecular weight is 385 g/mol. The average Bonchev–Trinajstić information content (AvgIpc) is 3.28. The van der Waals surface area contributed by atoms with E-state index in [1.54, 1.807) is 0 Å². The van der Waals surface area contributed by atoms with Crippen LogP contribution in [0.4, 0.5) is 0 Å². The monoisotopic (exact) mass is 384 g/mol. The molecule has 28 heavy (non-hydrogen) atoms. The molecule has 4 rings (SSSR count). The number of carbonyl (C=O) groups excluding carboxylic acids is 1. The van der Waals surface area contributed by atoms with Gasteiger partial charge >= 0.3 is 0 Å². The molecule has 152 valence electrons. The Hall–Kier alpha value is -2.08. The normalized spacial score (nSPS) is 18.1. The Bertz CT molecular complexity index is 834. The van der Waals surface area contributed by atoms with E-state index in [0.717, 1.165) is 62.0 Å². The van der Waals surface area contributed by atoms with Crippen LogP contribution in [0.1, 0.15) is 72.3 Å². The van der Waals surface area contributed by atoms with Crippen molar-refractivity contribution in [3.8, 4) is 0 Å². The molecular formula is C22H32N4O2. The van der Waals surface area contributed by atoms with Crippen LogP contribution in [0.5, 0.6) is 0 Å². The molecule has 2 aromatic rings. The first-order valence-corrected chi connectivity index (χ1v) is 10.7. The third-order valence-corrected chi connectivity index (χ3v) is 6.02. The molecule has 1 aliphatic heterocycles. The van der Waals surface area contributed by atoms with Gasteiger partial charge in [0, 0.05) is 49.8 Å². The summed E-state index contributed by atoms with van der Waals surface area (Å²) in [4.78, 5) is 15.0. The van der Waals surface area contributed by atoms with E-state index >= 15 is 0 Å². The van der Waals surface area contributed by atoms with Crippen molar-refractivity contribution in [1.29, 1.82) is 0 Å². The standard InChI is InChI=1S/C22H32N4O2/c1-4-23-22(27)21-18-14-25(11-9-15(2)20-8-5-16(3)28-20)12-10-19(18)26(24-21)13-17-6-7-17/h5,8,15,17H,4,6-7,9-14H2,1-3H3,(H,23,27). The van der Waals surface area contributed by atoms with Gasteiger partial charge in [-0.15, -0.1) is 0 Å². The number of nitrogens with one attached hydrogen (secondary N) is 1. The van der Waals surface area contributed by atoms with Crippen molar-refractivity contribution in [2.45, 2.75) is 65.5 Å². The van der Waals surface area contributed by atoms with Crippen LogP contribution in [0.25, 0.3) is 0 Å². The maximum Gasteiger partial charge on any atom is 0.272 e. The zero-order valence-electron chi connectivity index (χ0n) is 17.3. The van der Waals surface area contributed by atoms with E-state index in [2.05, 4.69) is 27.9 Å². The van der Waals surface area contributed by atoms with E-state index in [4.69, 9.17) is 9.52 Å². The molecule has 2 aliphatic rings. The van der Waals surface area contributed by atoms with Gasteiger partial charge in [0.25, 0.3) is 5.91 Å². The van der Waals surface area contributed by atoms with Gasteiger partial charge in [-0.3, -0.25) is 14.4 Å². The summed E-state index contributed by atoms with van der Waals surface area (Å²) >= 11 is 0. The van der Waals surface area contributed by atoms with Gasteiger partial charge in [0.05, 0.1) is 0 Å². The number of hydrogen-bond acceptors (Lipinski definition) is 4. The maximum absolute atomic E-state index is 12.6. The zero-order chi connectivity index (χ0) is 19.7. The largest absolute Gasteiger partial charge is 0.466 e. The van der Waals surface area contributed by atoms with E-state index in [1.807, 2.05) is 19.9 Å². The second-order valence-corrected chi connectivity index (χ2v) is 8.42. The fourth-order valence-electron chi connectivity index (χ4n) is 4.10. The molecule has 0 radical (unpaired) electrons. The number of furan rings is 1. The van der Waals surface area contributed by atoms with Crippen molar-refractivity contribution in [3.05, 3.63) is 40.6 Å². The number of nitrogens with zero attached hydrogens (tertiary/aromatic N) is 3. The second-order valence-electron chi connectivity index (χ2n) is 8.42. The first-order chi connectivity index (χ1) is 13.5. The highest BCUT2D eigenvalue weighted by molar-refractivity contribution is 5.94. The molecule has 0 spiro atoms. The van der Waals surface area contributed by atoms with E-state index in [-0.39, 0.29) is 5.91 Å². The van der Waals surface area contributed by atoms with E-state index in [0.29, 0.717) is 18.2 Å². The molecule has 1 unspecified atom stereocenters. The SMILES string of the molecule is CCNC(=O)c1nn(CC2CC2)c2c1CN(CCC(C)c1ccc(C)o1)CC2. The molecule has 1 aliphatic carbocycles. The van der Waals surface area contributed by atoms with Crippen molar-refractivity contribution in [1.82, 2.24) is 20.0 Å². The zero-order valence-corrected chi connectivity index (χ0v) is 17.3. The fraction of sp³-hybridized carbons (Fsp3) is 0.636. The molecule has 6 nitrogen and oxygen atoms in total. The van der Waals surface area contributed by atoms with Crippen LogP contribution in [0.2, 0.25) is 0 Å². The minimum atomic E-state index is -0.0328. The van der Waals surface area contributed by atoms with Crippen molar-refractivity contribution >= 4 is 5.91 Å². The van der Waals surface area contributed by atoms with Gasteiger partial charge in [-0.25, -0.2) is 0 Å². The third-order valence-electron chi connectivity index (χ3n) is 6.02. The predicted molar refractivity (Wildman–Crippen MR) is 108 cm³/mol. The van der Waals surface area contributed by atoms with E-state index in [1.165, 1.54) is 18.5 Å². The van der Waals surface area contributed by atoms with Crippen LogP contribution in [0.15, 0.2) is 16.5 Å². The Morgan fingerprint density at radius 2 is 2.21 bits per heavy atom. The predicted octanol–water partition coefficient (Wildman–Crippen LogP) is 3.50. The summed E-state index contributed by atoms with van der Waals surface area (Å²) in [5, 5.41) is 7.67. The molecular weight excluding hydrogens is 352 g/mol. The van der Waals surface area contributed by atoms with Gasteiger partial charge in [-0.05, 0) is 57.7 Å². The summed E-state index contributed by atoms with van der Waals surface area (Å²) in [5.74, 6) is 3.15. The lowest BCUT2D eigenvalue weighted by molar-refractivity contribution is 0.0947. The molecule has 1 fully saturated rings. The van der Waals surface area contributed by atoms with Gasteiger partial charge in [0.1, 0.15) is 11.5 Å². The number of aryl methyl sites for hydroxylation is 1. The van der Waals surface area contributed by atoms with Crippen molar-refractivity contribution in [2.75, 3.05) is 19.6 Å². The van der Waals surface area contributed by atoms with Gasteiger partial charge in [-0.2, -0.15) is 5.10 Å². The van der Waals surface area contributed by atoms with Crippen LogP contribution < -0.4 is 5.32 Å². The Morgan fingerprint density at radius 3 is 2.89 bits per heavy atom. The van der Waals surface area contributed by atoms with Crippen LogP contribution in [-0.4, -0.2) is 40.2 Å². The summed E-state index contributed by atoms with van der Waals surface area (Å²) in [6.07, 6.45) is 4.61. The third kappa shape index (κ3) is 4.17. The number of aromatic nitrogens is 2. The minimum Gasteiger partial charge on any atom is -0.466 e. The second kappa shape index (κ2) is 8.11. The Kier molecular flexibility index (Phi) is 5.58. The van der Waals surface area contributed by atoms with E-state index < -0.39 is 0 Å². The fourth-order valence-corrected chi connectivity index (χ4v) is 4.10. The highest BCUT2D eigenvalue weighted by Crippen LogP contribution is 2.33. The van der Waals surface area contributed by atoms with Gasteiger partial charge in [0.15, 0.2) is 5.69 Å². The molecule has 1 amide bonds. The molecule has 1 N–H and O–H groups in total. The smallest absolute Gasteiger partial charge is 0.272 e. The number of fused-ring (bicyclic) bond motifs is 1. The summed E-state index contributed by atoms with van der Waals surface area (Å²) < 4.78 is 7.91. The quantitative estimate of drug-likeness (QED) is 0.757. The van der Waals surface area contributed by atoms with Crippen LogP contribution in [-0.2, 0) is 19.5 Å². The van der Waals surface area contributed by atoms with Gasteiger partial charge < -0.3 is 9.73 Å². The number of rotatable bonds is 8. The Morgan fingerprint density at radius 1 is 1.39 bits per heavy atom. The summed E-state index contributed by atoms with van der Waals surface area (Å²) in [6.45, 7) is 10.6. The molecule has 2 aromatic heterocycles. The molecule has 1 atom stereocenters. The molecule has 3 heterocycles. The van der Waals surface area contributed by atoms with Crippen LogP contribution in [0.3, 0.4) is 0 Å². The van der Waals surface area contributed by atoms with Crippen molar-refractivity contribution < 1.29 is 9.21 Å². The molecule has 0 bridgehead atoms. The summed E-state index contributed by atoms with van der Waals surface area (Å²) in [7, 11) is 0. The summed E-state index contributed by atoms with van der Waals surface area (Å²) in [6, 6.07) is 4.12. The lowest BCUT2D eigenvalue weighted by atomic mass is 10.0. The van der Waals surface area contributed by atoms with Gasteiger partial charge in [0.2, 0.25) is 0 Å². The molecule has 1 saturated carbocycles. The lowest BCUT2D eigenvalue weighted by Crippen LogP contribution is -2.34. The topological polar surface area (TPSA) is 63.3 Å². The van der Waals surface area contributed by atoms with E-state index in [9.17, 15) is 4.79 Å². The first-order valence-electron chi connectivity index (χ1n) is 10.7. The van der Waals surface area contributed by atoms with Crippen molar-refractivity contribution in [2.24, 2.45) is 5.92 Å². The number of hydrogen-bond donors (Lipinski definition) is 1. The van der Waals surface area contributed by atoms with Crippen LogP contribution >= 0.6 is 0 Å². The highest BCUT2D eigenvalue weighted by atomic mass is 16.3. The Balaban J connectivity index is 1.45. The maximum atomic E-state index is 12.6. The van der Waals surface area contributed by atoms with Crippen molar-refractivity contribution in [3.63, 3.8) is 0 Å². The first kappa shape index (κ1) is 19.2. The highest BCUT2D eigenvalue weighted by Gasteiger charge is 2.30. The molecule has 6 heteroatoms. The Labute approximate surface area is 167 Å². The van der Waals surface area contributed by atoms with Crippen LogP contribution in [0, 0.1) is 12.8 Å². The lowest BCUT2D eigenvalue weighted by Gasteiger charge is -2.28.